The second-order valence-electron chi connectivity index (χ2n) is 3.94. The highest BCUT2D eigenvalue weighted by atomic mass is 32.1. The fourth-order valence-corrected chi connectivity index (χ4v) is 3.01. The maximum atomic E-state index is 4.69. The third-order valence-electron chi connectivity index (χ3n) is 2.72. The van der Waals surface area contributed by atoms with Crippen molar-refractivity contribution in [3.63, 3.8) is 0 Å². The van der Waals surface area contributed by atoms with Crippen molar-refractivity contribution in [1.29, 1.82) is 0 Å². The number of aromatic nitrogens is 2. The number of aromatic amines is 1. The molecule has 3 heteroatoms. The first kappa shape index (κ1) is 9.60. The summed E-state index contributed by atoms with van der Waals surface area (Å²) in [5, 5.41) is 1.10. The lowest BCUT2D eigenvalue weighted by Gasteiger charge is -1.93. The lowest BCUT2D eigenvalue weighted by atomic mass is 10.2. The third-order valence-corrected chi connectivity index (χ3v) is 3.94. The van der Waals surface area contributed by atoms with Gasteiger partial charge in [-0.1, -0.05) is 30.3 Å². The summed E-state index contributed by atoms with van der Waals surface area (Å²) in [5.74, 6) is 0. The Bertz CT molecular complexity index is 600. The second kappa shape index (κ2) is 3.46. The van der Waals surface area contributed by atoms with Crippen LogP contribution in [0, 0.1) is 13.8 Å². The second-order valence-corrected chi connectivity index (χ2v) is 4.94. The first-order valence-corrected chi connectivity index (χ1v) is 6.08. The predicted molar refractivity (Wildman–Crippen MR) is 68.9 cm³/mol. The number of hydrogen-bond acceptors (Lipinski definition) is 2. The van der Waals surface area contributed by atoms with E-state index in [0.717, 1.165) is 16.2 Å². The molecule has 16 heavy (non-hydrogen) atoms. The topological polar surface area (TPSA) is 28.7 Å². The molecular weight excluding hydrogens is 216 g/mol. The highest BCUT2D eigenvalue weighted by Crippen LogP contribution is 2.33. The molecule has 0 saturated heterocycles. The van der Waals surface area contributed by atoms with Gasteiger partial charge in [0.1, 0.15) is 10.5 Å². The van der Waals surface area contributed by atoms with Crippen molar-refractivity contribution in [2.45, 2.75) is 13.8 Å². The van der Waals surface area contributed by atoms with Crippen LogP contribution < -0.4 is 0 Å². The summed E-state index contributed by atoms with van der Waals surface area (Å²) in [6, 6.07) is 10.3. The van der Waals surface area contributed by atoms with Crippen LogP contribution in [0.25, 0.3) is 20.8 Å². The first-order chi connectivity index (χ1) is 7.75. The fraction of sp³-hybridized carbons (Fsp3) is 0.154. The van der Waals surface area contributed by atoms with Gasteiger partial charge in [-0.15, -0.1) is 11.3 Å². The van der Waals surface area contributed by atoms with Crippen LogP contribution in [0.1, 0.15) is 11.4 Å². The van der Waals surface area contributed by atoms with E-state index < -0.39 is 0 Å². The zero-order valence-corrected chi connectivity index (χ0v) is 10.1. The first-order valence-electron chi connectivity index (χ1n) is 5.27. The van der Waals surface area contributed by atoms with Crippen LogP contribution >= 0.6 is 11.3 Å². The zero-order valence-electron chi connectivity index (χ0n) is 9.24. The van der Waals surface area contributed by atoms with Crippen LogP contribution in [0.3, 0.4) is 0 Å². The smallest absolute Gasteiger partial charge is 0.124 e. The van der Waals surface area contributed by atoms with Gasteiger partial charge in [-0.05, 0) is 13.8 Å². The Morgan fingerprint density at radius 1 is 1.06 bits per heavy atom. The van der Waals surface area contributed by atoms with Crippen LogP contribution in [-0.4, -0.2) is 9.97 Å². The molecule has 0 radical (unpaired) electrons. The van der Waals surface area contributed by atoms with E-state index in [4.69, 9.17) is 4.98 Å². The molecule has 2 heterocycles. The van der Waals surface area contributed by atoms with E-state index in [1.807, 2.05) is 18.2 Å². The number of nitrogens with zero attached hydrogens (tertiary/aromatic N) is 1. The molecule has 0 saturated carbocycles. The van der Waals surface area contributed by atoms with Gasteiger partial charge in [0.05, 0.1) is 4.70 Å². The molecule has 3 rings (SSSR count). The molecule has 0 atom stereocenters. The number of nitrogens with one attached hydrogen (secondary N) is 1. The minimum Gasteiger partial charge on any atom is -0.360 e. The Morgan fingerprint density at radius 2 is 1.81 bits per heavy atom. The number of H-pyrrole nitrogens is 1. The van der Waals surface area contributed by atoms with Crippen LogP contribution in [0.15, 0.2) is 30.3 Å². The molecular formula is C13H12N2S. The number of rotatable bonds is 1. The predicted octanol–water partition coefficient (Wildman–Crippen LogP) is 3.91. The fourth-order valence-electron chi connectivity index (χ4n) is 1.93. The van der Waals surface area contributed by atoms with Gasteiger partial charge in [0.2, 0.25) is 0 Å². The summed E-state index contributed by atoms with van der Waals surface area (Å²) in [7, 11) is 0. The Hall–Kier alpha value is -1.61. The number of hydrogen-bond donors (Lipinski definition) is 1. The molecule has 2 nitrogen and oxygen atoms in total. The monoisotopic (exact) mass is 228 g/mol. The summed E-state index contributed by atoms with van der Waals surface area (Å²) in [6.07, 6.45) is 0. The molecule has 1 aromatic carbocycles. The molecule has 0 bridgehead atoms. The number of fused-ring (bicyclic) bond motifs is 1. The van der Waals surface area contributed by atoms with Crippen molar-refractivity contribution in [2.24, 2.45) is 0 Å². The van der Waals surface area contributed by atoms with Crippen LogP contribution in [0.4, 0.5) is 0 Å². The van der Waals surface area contributed by atoms with E-state index in [0.29, 0.717) is 0 Å². The van der Waals surface area contributed by atoms with Crippen molar-refractivity contribution in [1.82, 2.24) is 9.97 Å². The van der Waals surface area contributed by atoms with E-state index >= 15 is 0 Å². The summed E-state index contributed by atoms with van der Waals surface area (Å²) >= 11 is 1.76. The Labute approximate surface area is 98.0 Å². The average Bonchev–Trinajstić information content (AvgIpc) is 2.83. The van der Waals surface area contributed by atoms with Crippen LogP contribution in [0.5, 0.6) is 0 Å². The molecule has 2 aromatic heterocycles. The molecule has 0 aliphatic carbocycles. The lowest BCUT2D eigenvalue weighted by molar-refractivity contribution is 1.19. The van der Waals surface area contributed by atoms with E-state index in [9.17, 15) is 0 Å². The van der Waals surface area contributed by atoms with E-state index in [2.05, 4.69) is 31.0 Å². The minimum absolute atomic E-state index is 1.10. The van der Waals surface area contributed by atoms with E-state index in [-0.39, 0.29) is 0 Å². The van der Waals surface area contributed by atoms with Gasteiger partial charge in [0.15, 0.2) is 0 Å². The lowest BCUT2D eigenvalue weighted by Crippen LogP contribution is -1.76. The molecule has 0 fully saturated rings. The van der Waals surface area contributed by atoms with Crippen LogP contribution in [0.2, 0.25) is 0 Å². The molecule has 80 valence electrons. The van der Waals surface area contributed by atoms with E-state index in [1.165, 1.54) is 16.0 Å². The Kier molecular flexibility index (Phi) is 2.07. The SMILES string of the molecule is Cc1[nH]c(C)c2sc(-c3ccccc3)nc12. The van der Waals surface area contributed by atoms with Crippen LogP contribution in [-0.2, 0) is 0 Å². The highest BCUT2D eigenvalue weighted by Gasteiger charge is 2.11. The summed E-state index contributed by atoms with van der Waals surface area (Å²) in [5.41, 5.74) is 4.68. The van der Waals surface area contributed by atoms with Gasteiger partial charge >= 0.3 is 0 Å². The van der Waals surface area contributed by atoms with Gasteiger partial charge < -0.3 is 4.98 Å². The summed E-state index contributed by atoms with van der Waals surface area (Å²) < 4.78 is 1.27. The maximum Gasteiger partial charge on any atom is 0.124 e. The number of thiazole rings is 1. The normalized spacial score (nSPS) is 11.1. The Balaban J connectivity index is 2.23. The van der Waals surface area contributed by atoms with Crippen molar-refractivity contribution < 1.29 is 0 Å². The molecule has 0 aliphatic rings. The van der Waals surface area contributed by atoms with Gasteiger partial charge in [-0.25, -0.2) is 4.98 Å². The molecule has 0 spiro atoms. The van der Waals surface area contributed by atoms with Crippen molar-refractivity contribution in [2.75, 3.05) is 0 Å². The van der Waals surface area contributed by atoms with Gasteiger partial charge in [0, 0.05) is 17.0 Å². The van der Waals surface area contributed by atoms with Gasteiger partial charge in [-0.3, -0.25) is 0 Å². The van der Waals surface area contributed by atoms with Crippen molar-refractivity contribution in [3.05, 3.63) is 41.7 Å². The van der Waals surface area contributed by atoms with Gasteiger partial charge in [0.25, 0.3) is 0 Å². The largest absolute Gasteiger partial charge is 0.360 e. The molecule has 0 unspecified atom stereocenters. The maximum absolute atomic E-state index is 4.69. The minimum atomic E-state index is 1.10. The summed E-state index contributed by atoms with van der Waals surface area (Å²) in [4.78, 5) is 8.01. The average molecular weight is 228 g/mol. The molecule has 0 amide bonds. The molecule has 0 aliphatic heterocycles. The number of aryl methyl sites for hydroxylation is 2. The zero-order chi connectivity index (χ0) is 11.1. The quantitative estimate of drug-likeness (QED) is 0.672. The summed E-state index contributed by atoms with van der Waals surface area (Å²) in [6.45, 7) is 4.17. The molecule has 1 N–H and O–H groups in total. The molecule has 3 aromatic rings. The van der Waals surface area contributed by atoms with Gasteiger partial charge in [-0.2, -0.15) is 0 Å². The standard InChI is InChI=1S/C13H12N2S/c1-8-11-12(9(2)14-8)16-13(15-11)10-6-4-3-5-7-10/h3-7,14H,1-2H3. The number of benzene rings is 1. The third kappa shape index (κ3) is 1.36. The Morgan fingerprint density at radius 3 is 2.50 bits per heavy atom. The van der Waals surface area contributed by atoms with Crippen molar-refractivity contribution in [3.8, 4) is 10.6 Å². The van der Waals surface area contributed by atoms with E-state index in [1.54, 1.807) is 11.3 Å². The highest BCUT2D eigenvalue weighted by molar-refractivity contribution is 7.21. The van der Waals surface area contributed by atoms with Crippen molar-refractivity contribution >= 4 is 21.6 Å².